The summed E-state index contributed by atoms with van der Waals surface area (Å²) in [6.07, 6.45) is 5.31. The molecule has 1 aliphatic heterocycles. The number of aromatic nitrogens is 3. The standard InChI is InChI=1S/C13H25N5.ClH/c1-3-6-18-13(15-10-16-18)9-17-7-4-5-11(2)12(17)8-14;/h10-12H,3-9,14H2,1-2H3;1H. The zero-order valence-corrected chi connectivity index (χ0v) is 12.8. The fourth-order valence-corrected chi connectivity index (χ4v) is 2.90. The summed E-state index contributed by atoms with van der Waals surface area (Å²) in [5.74, 6) is 1.76. The van der Waals surface area contributed by atoms with Gasteiger partial charge in [-0.3, -0.25) is 4.90 Å². The van der Waals surface area contributed by atoms with Crippen LogP contribution in [0.4, 0.5) is 0 Å². The van der Waals surface area contributed by atoms with E-state index in [1.54, 1.807) is 6.33 Å². The summed E-state index contributed by atoms with van der Waals surface area (Å²) in [5.41, 5.74) is 5.93. The van der Waals surface area contributed by atoms with Crippen molar-refractivity contribution >= 4 is 12.4 Å². The number of nitrogens with zero attached hydrogens (tertiary/aromatic N) is 4. The minimum Gasteiger partial charge on any atom is -0.329 e. The van der Waals surface area contributed by atoms with Gasteiger partial charge in [0.05, 0.1) is 6.54 Å². The van der Waals surface area contributed by atoms with Gasteiger partial charge in [0.2, 0.25) is 0 Å². The topological polar surface area (TPSA) is 60.0 Å². The number of hydrogen-bond acceptors (Lipinski definition) is 4. The first-order valence-electron chi connectivity index (χ1n) is 7.07. The highest BCUT2D eigenvalue weighted by atomic mass is 35.5. The Morgan fingerprint density at radius 3 is 2.95 bits per heavy atom. The van der Waals surface area contributed by atoms with Crippen LogP contribution in [0.1, 0.15) is 38.9 Å². The molecule has 0 bridgehead atoms. The third kappa shape index (κ3) is 3.91. The minimum absolute atomic E-state index is 0. The normalized spacial score (nSPS) is 24.2. The zero-order valence-electron chi connectivity index (χ0n) is 12.0. The largest absolute Gasteiger partial charge is 0.329 e. The van der Waals surface area contributed by atoms with E-state index in [2.05, 4.69) is 28.8 Å². The Bertz CT molecular complexity index is 368. The van der Waals surface area contributed by atoms with Gasteiger partial charge in [-0.1, -0.05) is 13.8 Å². The Morgan fingerprint density at radius 2 is 2.26 bits per heavy atom. The molecule has 19 heavy (non-hydrogen) atoms. The third-order valence-corrected chi connectivity index (χ3v) is 3.95. The van der Waals surface area contributed by atoms with Gasteiger partial charge < -0.3 is 5.73 Å². The van der Waals surface area contributed by atoms with Gasteiger partial charge in [-0.05, 0) is 31.7 Å². The van der Waals surface area contributed by atoms with Crippen molar-refractivity contribution < 1.29 is 0 Å². The second kappa shape index (κ2) is 7.82. The molecule has 0 amide bonds. The molecule has 0 radical (unpaired) electrons. The van der Waals surface area contributed by atoms with Crippen molar-refractivity contribution in [3.05, 3.63) is 12.2 Å². The van der Waals surface area contributed by atoms with Crippen molar-refractivity contribution in [1.82, 2.24) is 19.7 Å². The number of hydrogen-bond donors (Lipinski definition) is 1. The van der Waals surface area contributed by atoms with Gasteiger partial charge in [0.1, 0.15) is 12.2 Å². The molecule has 5 nitrogen and oxygen atoms in total. The summed E-state index contributed by atoms with van der Waals surface area (Å²) in [4.78, 5) is 6.87. The summed E-state index contributed by atoms with van der Waals surface area (Å²) in [6.45, 7) is 8.17. The molecule has 2 rings (SSSR count). The van der Waals surface area contributed by atoms with E-state index in [9.17, 15) is 0 Å². The second-order valence-electron chi connectivity index (χ2n) is 5.29. The maximum absolute atomic E-state index is 5.93. The molecule has 1 saturated heterocycles. The average molecular weight is 288 g/mol. The van der Waals surface area contributed by atoms with E-state index in [1.165, 1.54) is 12.8 Å². The van der Waals surface area contributed by atoms with Crippen LogP contribution in [-0.4, -0.2) is 38.8 Å². The van der Waals surface area contributed by atoms with Crippen LogP contribution in [0.2, 0.25) is 0 Å². The third-order valence-electron chi connectivity index (χ3n) is 3.95. The lowest BCUT2D eigenvalue weighted by molar-refractivity contribution is 0.0947. The molecule has 1 aromatic rings. The Balaban J connectivity index is 0.00000180. The zero-order chi connectivity index (χ0) is 13.0. The summed E-state index contributed by atoms with van der Waals surface area (Å²) in [5, 5.41) is 4.29. The molecule has 1 fully saturated rings. The summed E-state index contributed by atoms with van der Waals surface area (Å²) in [7, 11) is 0. The van der Waals surface area contributed by atoms with Gasteiger partial charge in [0.15, 0.2) is 0 Å². The van der Waals surface area contributed by atoms with Gasteiger partial charge in [-0.25, -0.2) is 9.67 Å². The van der Waals surface area contributed by atoms with E-state index in [-0.39, 0.29) is 12.4 Å². The molecule has 2 atom stereocenters. The van der Waals surface area contributed by atoms with E-state index in [1.807, 2.05) is 4.68 Å². The van der Waals surface area contributed by atoms with Crippen LogP contribution in [-0.2, 0) is 13.1 Å². The highest BCUT2D eigenvalue weighted by Gasteiger charge is 2.28. The van der Waals surface area contributed by atoms with Gasteiger partial charge in [0.25, 0.3) is 0 Å². The summed E-state index contributed by atoms with van der Waals surface area (Å²) < 4.78 is 2.02. The van der Waals surface area contributed by atoms with E-state index >= 15 is 0 Å². The van der Waals surface area contributed by atoms with Gasteiger partial charge in [-0.15, -0.1) is 12.4 Å². The lowest BCUT2D eigenvalue weighted by atomic mass is 9.91. The quantitative estimate of drug-likeness (QED) is 0.895. The van der Waals surface area contributed by atoms with Crippen molar-refractivity contribution in [2.24, 2.45) is 11.7 Å². The first-order valence-corrected chi connectivity index (χ1v) is 7.07. The molecular weight excluding hydrogens is 262 g/mol. The molecule has 2 heterocycles. The van der Waals surface area contributed by atoms with Crippen LogP contribution >= 0.6 is 12.4 Å². The van der Waals surface area contributed by atoms with Gasteiger partial charge in [-0.2, -0.15) is 5.10 Å². The number of halogens is 1. The lowest BCUT2D eigenvalue weighted by Crippen LogP contribution is -2.48. The van der Waals surface area contributed by atoms with Crippen LogP contribution in [0, 0.1) is 5.92 Å². The van der Waals surface area contributed by atoms with Crippen LogP contribution in [0.5, 0.6) is 0 Å². The average Bonchev–Trinajstić information content (AvgIpc) is 2.78. The first-order chi connectivity index (χ1) is 8.76. The number of piperidine rings is 1. The predicted octanol–water partition coefficient (Wildman–Crippen LogP) is 1.67. The molecule has 1 aromatic heterocycles. The molecule has 0 spiro atoms. The van der Waals surface area contributed by atoms with Crippen molar-refractivity contribution in [3.8, 4) is 0 Å². The number of likely N-dealkylation sites (tertiary alicyclic amines) is 1. The van der Waals surface area contributed by atoms with Crippen molar-refractivity contribution in [1.29, 1.82) is 0 Å². The van der Waals surface area contributed by atoms with E-state index in [0.29, 0.717) is 12.0 Å². The highest BCUT2D eigenvalue weighted by Crippen LogP contribution is 2.23. The molecule has 0 aliphatic carbocycles. The lowest BCUT2D eigenvalue weighted by Gasteiger charge is -2.39. The van der Waals surface area contributed by atoms with Crippen LogP contribution in [0.25, 0.3) is 0 Å². The number of aryl methyl sites for hydroxylation is 1. The van der Waals surface area contributed by atoms with Crippen LogP contribution in [0.15, 0.2) is 6.33 Å². The van der Waals surface area contributed by atoms with Gasteiger partial charge in [0, 0.05) is 19.1 Å². The Hall–Kier alpha value is -0.650. The SMILES string of the molecule is CCCn1ncnc1CN1CCCC(C)C1CN.Cl. The fourth-order valence-electron chi connectivity index (χ4n) is 2.90. The van der Waals surface area contributed by atoms with Crippen LogP contribution in [0.3, 0.4) is 0 Å². The highest BCUT2D eigenvalue weighted by molar-refractivity contribution is 5.85. The van der Waals surface area contributed by atoms with E-state index in [0.717, 1.165) is 38.4 Å². The summed E-state index contributed by atoms with van der Waals surface area (Å²) >= 11 is 0. The summed E-state index contributed by atoms with van der Waals surface area (Å²) in [6, 6.07) is 0.491. The number of rotatable bonds is 5. The predicted molar refractivity (Wildman–Crippen MR) is 79.2 cm³/mol. The molecule has 110 valence electrons. The van der Waals surface area contributed by atoms with Crippen LogP contribution < -0.4 is 5.73 Å². The molecule has 1 aliphatic rings. The smallest absolute Gasteiger partial charge is 0.141 e. The first kappa shape index (κ1) is 16.4. The van der Waals surface area contributed by atoms with Crippen molar-refractivity contribution in [2.45, 2.75) is 52.2 Å². The maximum atomic E-state index is 5.93. The molecule has 2 N–H and O–H groups in total. The van der Waals surface area contributed by atoms with E-state index in [4.69, 9.17) is 5.73 Å². The molecule has 6 heteroatoms. The Kier molecular flexibility index (Phi) is 6.75. The van der Waals surface area contributed by atoms with Crippen molar-refractivity contribution in [3.63, 3.8) is 0 Å². The molecule has 0 saturated carbocycles. The minimum atomic E-state index is 0. The molecule has 2 unspecified atom stereocenters. The fraction of sp³-hybridized carbons (Fsp3) is 0.846. The van der Waals surface area contributed by atoms with E-state index < -0.39 is 0 Å². The molecule has 0 aromatic carbocycles. The van der Waals surface area contributed by atoms with Gasteiger partial charge >= 0.3 is 0 Å². The molecular formula is C13H26ClN5. The monoisotopic (exact) mass is 287 g/mol. The van der Waals surface area contributed by atoms with Crippen molar-refractivity contribution in [2.75, 3.05) is 13.1 Å². The number of nitrogens with two attached hydrogens (primary N) is 1. The second-order valence-corrected chi connectivity index (χ2v) is 5.29. The Morgan fingerprint density at radius 1 is 1.47 bits per heavy atom. The maximum Gasteiger partial charge on any atom is 0.141 e. The Labute approximate surface area is 122 Å².